The van der Waals surface area contributed by atoms with E-state index in [4.69, 9.17) is 4.52 Å². The molecule has 0 aliphatic heterocycles. The Labute approximate surface area is 132 Å². The van der Waals surface area contributed by atoms with Gasteiger partial charge in [-0.05, 0) is 25.0 Å². The maximum absolute atomic E-state index is 12.9. The van der Waals surface area contributed by atoms with Crippen LogP contribution in [0, 0.1) is 0 Å². The van der Waals surface area contributed by atoms with E-state index in [0.717, 1.165) is 19.1 Å². The molecule has 1 fully saturated rings. The Morgan fingerprint density at radius 3 is 2.74 bits per heavy atom. The topological polar surface area (TPSA) is 82.2 Å². The molecule has 1 aromatic carbocycles. The molecule has 7 heteroatoms. The Bertz CT molecular complexity index is 1030. The van der Waals surface area contributed by atoms with Gasteiger partial charge in [-0.2, -0.15) is 0 Å². The number of carbonyl (C=O) groups excluding carboxylic acids is 1. The maximum Gasteiger partial charge on any atom is 0.236 e. The van der Waals surface area contributed by atoms with Gasteiger partial charge in [-0.1, -0.05) is 17.3 Å². The van der Waals surface area contributed by atoms with Gasteiger partial charge >= 0.3 is 0 Å². The molecule has 118 valence electrons. The fourth-order valence-electron chi connectivity index (χ4n) is 2.83. The third kappa shape index (κ3) is 2.28. The fourth-order valence-corrected chi connectivity index (χ4v) is 3.63. The summed E-state index contributed by atoms with van der Waals surface area (Å²) >= 11 is 0. The van der Waals surface area contributed by atoms with E-state index < -0.39 is 10.0 Å². The van der Waals surface area contributed by atoms with Crippen molar-refractivity contribution in [3.63, 3.8) is 0 Å². The van der Waals surface area contributed by atoms with Gasteiger partial charge in [-0.15, -0.1) is 0 Å². The van der Waals surface area contributed by atoms with Gasteiger partial charge < -0.3 is 4.52 Å². The van der Waals surface area contributed by atoms with E-state index >= 15 is 0 Å². The lowest BCUT2D eigenvalue weighted by Crippen LogP contribution is -2.08. The van der Waals surface area contributed by atoms with E-state index in [9.17, 15) is 13.2 Å². The lowest BCUT2D eigenvalue weighted by atomic mass is 10.00. The first-order valence-corrected chi connectivity index (χ1v) is 9.11. The molecule has 0 saturated heterocycles. The molecule has 2 aromatic heterocycles. The normalized spacial score (nSPS) is 15.2. The van der Waals surface area contributed by atoms with Crippen LogP contribution in [0.15, 0.2) is 41.2 Å². The van der Waals surface area contributed by atoms with Crippen molar-refractivity contribution in [3.8, 4) is 0 Å². The molecule has 0 radical (unpaired) electrons. The molecule has 0 spiro atoms. The van der Waals surface area contributed by atoms with Crippen LogP contribution in [0.1, 0.15) is 40.4 Å². The van der Waals surface area contributed by atoms with Crippen molar-refractivity contribution < 1.29 is 17.7 Å². The summed E-state index contributed by atoms with van der Waals surface area (Å²) in [6.45, 7) is 0. The predicted octanol–water partition coefficient (Wildman–Crippen LogP) is 2.55. The quantitative estimate of drug-likeness (QED) is 0.687. The van der Waals surface area contributed by atoms with Crippen LogP contribution in [0.5, 0.6) is 0 Å². The van der Waals surface area contributed by atoms with E-state index in [0.29, 0.717) is 27.8 Å². The van der Waals surface area contributed by atoms with Crippen LogP contribution in [0.3, 0.4) is 0 Å². The van der Waals surface area contributed by atoms with Gasteiger partial charge in [0.25, 0.3) is 0 Å². The number of rotatable bonds is 4. The van der Waals surface area contributed by atoms with E-state index in [1.807, 2.05) is 0 Å². The molecule has 4 rings (SSSR count). The number of aromatic nitrogens is 2. The zero-order valence-electron chi connectivity index (χ0n) is 12.4. The number of hydrogen-bond donors (Lipinski definition) is 0. The third-order valence-electron chi connectivity index (χ3n) is 4.09. The monoisotopic (exact) mass is 330 g/mol. The highest BCUT2D eigenvalue weighted by Crippen LogP contribution is 2.42. The summed E-state index contributed by atoms with van der Waals surface area (Å²) in [6, 6.07) is 6.71. The van der Waals surface area contributed by atoms with Gasteiger partial charge in [-0.25, -0.2) is 12.4 Å². The molecule has 0 N–H and O–H groups in total. The van der Waals surface area contributed by atoms with Gasteiger partial charge in [-0.3, -0.25) is 4.79 Å². The average molecular weight is 330 g/mol. The fraction of sp³-hybridized carbons (Fsp3) is 0.250. The first kappa shape index (κ1) is 14.2. The second-order valence-corrected chi connectivity index (χ2v) is 7.68. The molecule has 2 heterocycles. The molecule has 1 aliphatic carbocycles. The zero-order chi connectivity index (χ0) is 16.2. The summed E-state index contributed by atoms with van der Waals surface area (Å²) in [6.07, 6.45) is 6.05. The number of nitrogens with zero attached hydrogens (tertiary/aromatic N) is 2. The van der Waals surface area contributed by atoms with E-state index in [1.54, 1.807) is 24.3 Å². The minimum Gasteiger partial charge on any atom is -0.360 e. The van der Waals surface area contributed by atoms with Crippen molar-refractivity contribution in [2.45, 2.75) is 18.8 Å². The van der Waals surface area contributed by atoms with Crippen molar-refractivity contribution in [1.29, 1.82) is 0 Å². The zero-order valence-corrected chi connectivity index (χ0v) is 13.2. The summed E-state index contributed by atoms with van der Waals surface area (Å²) < 4.78 is 30.1. The molecule has 6 nitrogen and oxygen atoms in total. The number of ketones is 1. The van der Waals surface area contributed by atoms with Crippen LogP contribution >= 0.6 is 0 Å². The maximum atomic E-state index is 12.9. The van der Waals surface area contributed by atoms with Gasteiger partial charge in [0.15, 0.2) is 11.5 Å². The lowest BCUT2D eigenvalue weighted by molar-refractivity contribution is 0.103. The van der Waals surface area contributed by atoms with Crippen molar-refractivity contribution in [2.24, 2.45) is 0 Å². The predicted molar refractivity (Wildman–Crippen MR) is 84.1 cm³/mol. The van der Waals surface area contributed by atoms with Gasteiger partial charge in [0.1, 0.15) is 0 Å². The van der Waals surface area contributed by atoms with E-state index in [1.165, 1.54) is 16.4 Å². The van der Waals surface area contributed by atoms with Crippen LogP contribution in [0.25, 0.3) is 10.9 Å². The van der Waals surface area contributed by atoms with Crippen LogP contribution in [-0.2, 0) is 10.0 Å². The van der Waals surface area contributed by atoms with E-state index in [2.05, 4.69) is 5.16 Å². The molecular weight excluding hydrogens is 316 g/mol. The largest absolute Gasteiger partial charge is 0.360 e. The number of fused-ring (bicyclic) bond motifs is 1. The molecular formula is C16H14N2O4S. The Hall–Kier alpha value is -2.41. The van der Waals surface area contributed by atoms with Crippen LogP contribution in [0.4, 0.5) is 0 Å². The highest BCUT2D eigenvalue weighted by molar-refractivity contribution is 7.89. The van der Waals surface area contributed by atoms with Crippen LogP contribution < -0.4 is 0 Å². The minimum absolute atomic E-state index is 0.190. The summed E-state index contributed by atoms with van der Waals surface area (Å²) in [5.41, 5.74) is 1.41. The second-order valence-electron chi connectivity index (χ2n) is 5.82. The molecule has 0 unspecified atom stereocenters. The Morgan fingerprint density at radius 2 is 2.04 bits per heavy atom. The molecule has 0 atom stereocenters. The minimum atomic E-state index is -3.42. The lowest BCUT2D eigenvalue weighted by Gasteiger charge is -2.05. The summed E-state index contributed by atoms with van der Waals surface area (Å²) in [5.74, 6) is 0.718. The third-order valence-corrected chi connectivity index (χ3v) is 5.12. The number of hydrogen-bond acceptors (Lipinski definition) is 5. The first-order chi connectivity index (χ1) is 11.0. The summed E-state index contributed by atoms with van der Waals surface area (Å²) in [5, 5.41) is 4.36. The van der Waals surface area contributed by atoms with Crippen molar-refractivity contribution in [2.75, 3.05) is 6.26 Å². The molecule has 0 bridgehead atoms. The highest BCUT2D eigenvalue weighted by atomic mass is 32.2. The first-order valence-electron chi connectivity index (χ1n) is 7.26. The number of carbonyl (C=O) groups is 1. The average Bonchev–Trinajstić information content (AvgIpc) is 3.07. The second kappa shape index (κ2) is 4.79. The number of benzene rings is 1. The molecule has 1 saturated carbocycles. The van der Waals surface area contributed by atoms with Crippen LogP contribution in [-0.4, -0.2) is 29.6 Å². The van der Waals surface area contributed by atoms with Crippen molar-refractivity contribution in [3.05, 3.63) is 53.5 Å². The Morgan fingerprint density at radius 1 is 1.26 bits per heavy atom. The van der Waals surface area contributed by atoms with E-state index in [-0.39, 0.29) is 11.7 Å². The summed E-state index contributed by atoms with van der Waals surface area (Å²) in [4.78, 5) is 12.9. The van der Waals surface area contributed by atoms with Gasteiger partial charge in [0.2, 0.25) is 10.0 Å². The Kier molecular flexibility index (Phi) is 2.96. The summed E-state index contributed by atoms with van der Waals surface area (Å²) in [7, 11) is -3.42. The molecule has 23 heavy (non-hydrogen) atoms. The van der Waals surface area contributed by atoms with Crippen molar-refractivity contribution >= 4 is 26.7 Å². The molecule has 0 amide bonds. The highest BCUT2D eigenvalue weighted by Gasteiger charge is 2.33. The Balaban J connectivity index is 1.87. The molecule has 3 aromatic rings. The van der Waals surface area contributed by atoms with Crippen LogP contribution in [0.2, 0.25) is 0 Å². The SMILES string of the molecule is CS(=O)(=O)n1ccc2c(C(=O)c3cnoc3C3CC3)cccc21. The standard InChI is InChI=1S/C16H14N2O4S/c1-23(20,21)18-8-7-11-12(3-2-4-14(11)18)15(19)13-9-17-22-16(13)10-5-6-10/h2-4,7-10H,5-6H2,1H3. The molecule has 1 aliphatic rings. The van der Waals surface area contributed by atoms with Crippen molar-refractivity contribution in [1.82, 2.24) is 9.13 Å². The van der Waals surface area contributed by atoms with Gasteiger partial charge in [0.05, 0.1) is 23.5 Å². The smallest absolute Gasteiger partial charge is 0.236 e. The van der Waals surface area contributed by atoms with Gasteiger partial charge in [0, 0.05) is 23.1 Å².